The van der Waals surface area contributed by atoms with E-state index in [0.29, 0.717) is 12.6 Å². The van der Waals surface area contributed by atoms with E-state index in [2.05, 4.69) is 24.9 Å². The Morgan fingerprint density at radius 2 is 2.05 bits per heavy atom. The molecule has 21 heavy (non-hydrogen) atoms. The molecular formula is C17H30N2O2. The van der Waals surface area contributed by atoms with E-state index in [9.17, 15) is 5.11 Å². The number of benzene rings is 1. The quantitative estimate of drug-likeness (QED) is 0.732. The fourth-order valence-electron chi connectivity index (χ4n) is 2.38. The molecule has 2 atom stereocenters. The van der Waals surface area contributed by atoms with E-state index < -0.39 is 5.60 Å². The highest BCUT2D eigenvalue weighted by Crippen LogP contribution is 2.20. The second-order valence-corrected chi connectivity index (χ2v) is 6.15. The molecule has 0 bridgehead atoms. The molecule has 4 nitrogen and oxygen atoms in total. The van der Waals surface area contributed by atoms with Gasteiger partial charge in [-0.15, -0.1) is 0 Å². The van der Waals surface area contributed by atoms with Crippen LogP contribution in [0.4, 0.5) is 0 Å². The first kappa shape index (κ1) is 18.0. The zero-order valence-corrected chi connectivity index (χ0v) is 13.8. The fraction of sp³-hybridized carbons (Fsp3) is 0.647. The van der Waals surface area contributed by atoms with Crippen LogP contribution in [0.3, 0.4) is 0 Å². The largest absolute Gasteiger partial charge is 0.496 e. The number of methoxy groups -OCH3 is 1. The van der Waals surface area contributed by atoms with Crippen molar-refractivity contribution in [1.29, 1.82) is 0 Å². The summed E-state index contributed by atoms with van der Waals surface area (Å²) in [6.07, 6.45) is 2.62. The molecule has 0 aliphatic heterocycles. The smallest absolute Gasteiger partial charge is 0.122 e. The van der Waals surface area contributed by atoms with Crippen LogP contribution in [0.1, 0.15) is 32.3 Å². The van der Waals surface area contributed by atoms with Crippen LogP contribution < -0.4 is 10.5 Å². The number of hydrogen-bond acceptors (Lipinski definition) is 4. The fourth-order valence-corrected chi connectivity index (χ4v) is 2.38. The second kappa shape index (κ2) is 8.37. The molecule has 1 aromatic carbocycles. The number of rotatable bonds is 9. The van der Waals surface area contributed by atoms with Crippen molar-refractivity contribution in [2.45, 2.75) is 44.8 Å². The molecule has 0 fully saturated rings. The third kappa shape index (κ3) is 6.04. The van der Waals surface area contributed by atoms with Crippen molar-refractivity contribution in [3.63, 3.8) is 0 Å². The van der Waals surface area contributed by atoms with Crippen LogP contribution in [0, 0.1) is 0 Å². The van der Waals surface area contributed by atoms with Crippen LogP contribution in [0.2, 0.25) is 0 Å². The Labute approximate surface area is 128 Å². The Kier molecular flexibility index (Phi) is 7.15. The zero-order valence-electron chi connectivity index (χ0n) is 13.8. The Bertz CT molecular complexity index is 421. The maximum absolute atomic E-state index is 9.92. The number of nitrogens with two attached hydrogens (primary N) is 1. The molecule has 0 radical (unpaired) electrons. The molecule has 1 rings (SSSR count). The molecule has 0 saturated heterocycles. The summed E-state index contributed by atoms with van der Waals surface area (Å²) in [5, 5.41) is 9.92. The van der Waals surface area contributed by atoms with Gasteiger partial charge in [0.05, 0.1) is 12.7 Å². The Morgan fingerprint density at radius 3 is 2.67 bits per heavy atom. The maximum Gasteiger partial charge on any atom is 0.122 e. The lowest BCUT2D eigenvalue weighted by atomic mass is 10.00. The number of hydrogen-bond donors (Lipinski definition) is 2. The predicted octanol–water partition coefficient (Wildman–Crippen LogP) is 2.05. The lowest BCUT2D eigenvalue weighted by Gasteiger charge is -2.27. The monoisotopic (exact) mass is 294 g/mol. The molecule has 0 saturated carbocycles. The van der Waals surface area contributed by atoms with Gasteiger partial charge in [0.1, 0.15) is 5.75 Å². The molecule has 0 aliphatic rings. The molecule has 2 unspecified atom stereocenters. The van der Waals surface area contributed by atoms with Gasteiger partial charge in [0.15, 0.2) is 0 Å². The highest BCUT2D eigenvalue weighted by Gasteiger charge is 2.18. The first-order chi connectivity index (χ1) is 9.89. The predicted molar refractivity (Wildman–Crippen MR) is 87.7 cm³/mol. The summed E-state index contributed by atoms with van der Waals surface area (Å²) < 4.78 is 5.40. The highest BCUT2D eigenvalue weighted by molar-refractivity contribution is 5.33. The van der Waals surface area contributed by atoms with Crippen LogP contribution in [0.25, 0.3) is 0 Å². The minimum atomic E-state index is -0.743. The minimum Gasteiger partial charge on any atom is -0.496 e. The normalized spacial score (nSPS) is 15.8. The minimum absolute atomic E-state index is 0.313. The topological polar surface area (TPSA) is 58.7 Å². The van der Waals surface area contributed by atoms with Crippen molar-refractivity contribution in [1.82, 2.24) is 4.90 Å². The van der Waals surface area contributed by atoms with Gasteiger partial charge in [-0.05, 0) is 58.3 Å². The highest BCUT2D eigenvalue weighted by atomic mass is 16.5. The SMILES string of the molecule is COc1ccccc1CC(C)N(C)CCCC(C)(O)CN. The van der Waals surface area contributed by atoms with E-state index in [4.69, 9.17) is 10.5 Å². The van der Waals surface area contributed by atoms with Crippen LogP contribution in [0.15, 0.2) is 24.3 Å². The number of aliphatic hydroxyl groups is 1. The second-order valence-electron chi connectivity index (χ2n) is 6.15. The Morgan fingerprint density at radius 1 is 1.38 bits per heavy atom. The first-order valence-electron chi connectivity index (χ1n) is 7.64. The molecule has 0 amide bonds. The molecule has 0 aliphatic carbocycles. The maximum atomic E-state index is 9.92. The van der Waals surface area contributed by atoms with Crippen molar-refractivity contribution < 1.29 is 9.84 Å². The van der Waals surface area contributed by atoms with Gasteiger partial charge in [0.2, 0.25) is 0 Å². The molecule has 0 spiro atoms. The van der Waals surface area contributed by atoms with Gasteiger partial charge in [-0.25, -0.2) is 0 Å². The number of nitrogens with zero attached hydrogens (tertiary/aromatic N) is 1. The summed E-state index contributed by atoms with van der Waals surface area (Å²) in [6, 6.07) is 8.57. The van der Waals surface area contributed by atoms with Gasteiger partial charge in [-0.1, -0.05) is 18.2 Å². The zero-order chi connectivity index (χ0) is 15.9. The number of ether oxygens (including phenoxy) is 1. The van der Waals surface area contributed by atoms with Crippen LogP contribution in [-0.4, -0.2) is 48.9 Å². The average molecular weight is 294 g/mol. The number of likely N-dealkylation sites (N-methyl/N-ethyl adjacent to an activating group) is 1. The Balaban J connectivity index is 2.46. The van der Waals surface area contributed by atoms with Crippen molar-refractivity contribution in [2.75, 3.05) is 27.2 Å². The molecule has 1 aromatic rings. The van der Waals surface area contributed by atoms with E-state index in [0.717, 1.165) is 31.6 Å². The molecular weight excluding hydrogens is 264 g/mol. The lowest BCUT2D eigenvalue weighted by molar-refractivity contribution is 0.0540. The Hall–Kier alpha value is -1.10. The van der Waals surface area contributed by atoms with E-state index in [1.807, 2.05) is 18.2 Å². The van der Waals surface area contributed by atoms with Crippen molar-refractivity contribution in [3.8, 4) is 5.75 Å². The third-order valence-corrected chi connectivity index (χ3v) is 4.13. The average Bonchev–Trinajstić information content (AvgIpc) is 2.47. The van der Waals surface area contributed by atoms with E-state index >= 15 is 0 Å². The van der Waals surface area contributed by atoms with Crippen molar-refractivity contribution in [2.24, 2.45) is 5.73 Å². The van der Waals surface area contributed by atoms with Crippen LogP contribution in [0.5, 0.6) is 5.75 Å². The van der Waals surface area contributed by atoms with E-state index in [1.54, 1.807) is 14.0 Å². The van der Waals surface area contributed by atoms with Gasteiger partial charge in [0.25, 0.3) is 0 Å². The summed E-state index contributed by atoms with van der Waals surface area (Å²) in [5.41, 5.74) is 6.03. The van der Waals surface area contributed by atoms with Crippen molar-refractivity contribution >= 4 is 0 Å². The molecule has 0 heterocycles. The summed E-state index contributed by atoms with van der Waals surface area (Å²) in [5.74, 6) is 0.948. The summed E-state index contributed by atoms with van der Waals surface area (Å²) >= 11 is 0. The number of para-hydroxylation sites is 1. The summed E-state index contributed by atoms with van der Waals surface area (Å²) in [7, 11) is 3.83. The van der Waals surface area contributed by atoms with Gasteiger partial charge >= 0.3 is 0 Å². The van der Waals surface area contributed by atoms with Gasteiger partial charge < -0.3 is 20.5 Å². The van der Waals surface area contributed by atoms with Crippen LogP contribution >= 0.6 is 0 Å². The van der Waals surface area contributed by atoms with Gasteiger partial charge in [-0.3, -0.25) is 0 Å². The molecule has 4 heteroatoms. The van der Waals surface area contributed by atoms with Crippen molar-refractivity contribution in [3.05, 3.63) is 29.8 Å². The summed E-state index contributed by atoms with van der Waals surface area (Å²) in [4.78, 5) is 2.32. The molecule has 3 N–H and O–H groups in total. The van der Waals surface area contributed by atoms with Crippen LogP contribution in [-0.2, 0) is 6.42 Å². The van der Waals surface area contributed by atoms with E-state index in [1.165, 1.54) is 5.56 Å². The standard InChI is InChI=1S/C17H30N2O2/c1-14(12-15-8-5-6-9-16(15)21-4)19(3)11-7-10-17(2,20)13-18/h5-6,8-9,14,20H,7,10-13,18H2,1-4H3. The first-order valence-corrected chi connectivity index (χ1v) is 7.64. The van der Waals surface area contributed by atoms with Gasteiger partial charge in [-0.2, -0.15) is 0 Å². The molecule has 0 aromatic heterocycles. The third-order valence-electron chi connectivity index (χ3n) is 4.13. The van der Waals surface area contributed by atoms with E-state index in [-0.39, 0.29) is 0 Å². The summed E-state index contributed by atoms with van der Waals surface area (Å²) in [6.45, 7) is 5.28. The lowest BCUT2D eigenvalue weighted by Crippen LogP contribution is -2.36. The molecule has 120 valence electrons. The van der Waals surface area contributed by atoms with Gasteiger partial charge in [0, 0.05) is 12.6 Å².